The molecule has 0 spiro atoms. The largest absolute Gasteiger partial charge is 0.390 e. The number of aliphatic hydroxyl groups is 1. The summed E-state index contributed by atoms with van der Waals surface area (Å²) in [6.07, 6.45) is 2.17. The fraction of sp³-hybridized carbons (Fsp3) is 0.833. The monoisotopic (exact) mass is 255 g/mol. The number of hydrogen-bond donors (Lipinski definition) is 2. The lowest BCUT2D eigenvalue weighted by atomic mass is 10.3. The Morgan fingerprint density at radius 3 is 2.72 bits per heavy atom. The maximum absolute atomic E-state index is 9.84. The summed E-state index contributed by atoms with van der Waals surface area (Å²) in [5.74, 6) is 0.836. The third kappa shape index (κ3) is 5.57. The molecule has 1 aromatic heterocycles. The van der Waals surface area contributed by atoms with E-state index in [-0.39, 0.29) is 6.10 Å². The van der Waals surface area contributed by atoms with Crippen LogP contribution >= 0.6 is 0 Å². The minimum absolute atomic E-state index is 0.318. The highest BCUT2D eigenvalue weighted by Crippen LogP contribution is 1.92. The molecule has 0 amide bonds. The van der Waals surface area contributed by atoms with Crippen LogP contribution in [-0.4, -0.2) is 63.6 Å². The molecule has 1 aromatic rings. The SMILES string of the molecule is CCN(CC)CC(O)CNCCc1ncn(C)n1. The zero-order valence-corrected chi connectivity index (χ0v) is 11.6. The summed E-state index contributed by atoms with van der Waals surface area (Å²) < 4.78 is 1.70. The fourth-order valence-corrected chi connectivity index (χ4v) is 1.81. The molecule has 0 aromatic carbocycles. The average Bonchev–Trinajstić information content (AvgIpc) is 2.77. The van der Waals surface area contributed by atoms with Gasteiger partial charge in [-0.05, 0) is 13.1 Å². The van der Waals surface area contributed by atoms with E-state index in [0.29, 0.717) is 6.54 Å². The number of hydrogen-bond acceptors (Lipinski definition) is 5. The van der Waals surface area contributed by atoms with Crippen molar-refractivity contribution in [3.05, 3.63) is 12.2 Å². The second kappa shape index (κ2) is 8.18. The molecule has 0 saturated carbocycles. The molecule has 1 rings (SSSR count). The molecule has 1 heterocycles. The summed E-state index contributed by atoms with van der Waals surface area (Å²) in [6.45, 7) is 8.30. The van der Waals surface area contributed by atoms with Crippen molar-refractivity contribution >= 4 is 0 Å². The first-order valence-electron chi connectivity index (χ1n) is 6.61. The molecular formula is C12H25N5O. The highest BCUT2D eigenvalue weighted by molar-refractivity contribution is 4.82. The Morgan fingerprint density at radius 2 is 2.17 bits per heavy atom. The van der Waals surface area contributed by atoms with E-state index in [0.717, 1.165) is 38.4 Å². The van der Waals surface area contributed by atoms with Crippen molar-refractivity contribution in [3.8, 4) is 0 Å². The van der Waals surface area contributed by atoms with E-state index in [2.05, 4.69) is 34.1 Å². The zero-order valence-electron chi connectivity index (χ0n) is 11.6. The second-order valence-electron chi connectivity index (χ2n) is 4.43. The lowest BCUT2D eigenvalue weighted by molar-refractivity contribution is 0.117. The fourth-order valence-electron chi connectivity index (χ4n) is 1.81. The van der Waals surface area contributed by atoms with E-state index >= 15 is 0 Å². The molecule has 0 aliphatic rings. The number of likely N-dealkylation sites (N-methyl/N-ethyl adjacent to an activating group) is 1. The van der Waals surface area contributed by atoms with E-state index in [1.54, 1.807) is 11.0 Å². The van der Waals surface area contributed by atoms with Gasteiger partial charge in [0, 0.05) is 33.1 Å². The van der Waals surface area contributed by atoms with Gasteiger partial charge in [-0.3, -0.25) is 4.68 Å². The molecule has 0 aliphatic heterocycles. The van der Waals surface area contributed by atoms with Gasteiger partial charge < -0.3 is 15.3 Å². The molecule has 6 nitrogen and oxygen atoms in total. The van der Waals surface area contributed by atoms with Crippen LogP contribution in [-0.2, 0) is 13.5 Å². The van der Waals surface area contributed by atoms with Crippen LogP contribution in [0.1, 0.15) is 19.7 Å². The third-order valence-electron chi connectivity index (χ3n) is 2.92. The number of nitrogens with zero attached hydrogens (tertiary/aromatic N) is 4. The molecule has 18 heavy (non-hydrogen) atoms. The Hall–Kier alpha value is -0.980. The standard InChI is InChI=1S/C12H25N5O/c1-4-17(5-2)9-11(18)8-13-7-6-12-14-10-16(3)15-12/h10-11,13,18H,4-9H2,1-3H3. The van der Waals surface area contributed by atoms with Gasteiger partial charge in [0.1, 0.15) is 6.33 Å². The molecule has 0 radical (unpaired) electrons. The highest BCUT2D eigenvalue weighted by Gasteiger charge is 2.08. The summed E-state index contributed by atoms with van der Waals surface area (Å²) in [7, 11) is 1.86. The first-order chi connectivity index (χ1) is 8.65. The van der Waals surface area contributed by atoms with E-state index < -0.39 is 0 Å². The average molecular weight is 255 g/mol. The Morgan fingerprint density at radius 1 is 1.44 bits per heavy atom. The molecule has 1 unspecified atom stereocenters. The predicted molar refractivity (Wildman–Crippen MR) is 71.4 cm³/mol. The first kappa shape index (κ1) is 15.1. The summed E-state index contributed by atoms with van der Waals surface area (Å²) in [5, 5.41) is 17.3. The van der Waals surface area contributed by atoms with Crippen molar-refractivity contribution in [2.24, 2.45) is 7.05 Å². The van der Waals surface area contributed by atoms with E-state index in [4.69, 9.17) is 0 Å². The van der Waals surface area contributed by atoms with Gasteiger partial charge in [-0.25, -0.2) is 4.98 Å². The number of rotatable bonds is 9. The number of nitrogens with one attached hydrogen (secondary N) is 1. The topological polar surface area (TPSA) is 66.2 Å². The second-order valence-corrected chi connectivity index (χ2v) is 4.43. The van der Waals surface area contributed by atoms with Crippen LogP contribution in [0.4, 0.5) is 0 Å². The van der Waals surface area contributed by atoms with Crippen molar-refractivity contribution in [2.45, 2.75) is 26.4 Å². The molecule has 6 heteroatoms. The van der Waals surface area contributed by atoms with Gasteiger partial charge >= 0.3 is 0 Å². The Balaban J connectivity index is 2.10. The van der Waals surface area contributed by atoms with Crippen LogP contribution in [0.15, 0.2) is 6.33 Å². The van der Waals surface area contributed by atoms with Gasteiger partial charge in [0.2, 0.25) is 0 Å². The van der Waals surface area contributed by atoms with Crippen molar-refractivity contribution in [3.63, 3.8) is 0 Å². The molecule has 0 saturated heterocycles. The van der Waals surface area contributed by atoms with Crippen molar-refractivity contribution in [2.75, 3.05) is 32.7 Å². The lowest BCUT2D eigenvalue weighted by Gasteiger charge is -2.21. The van der Waals surface area contributed by atoms with Gasteiger partial charge in [0.25, 0.3) is 0 Å². The lowest BCUT2D eigenvalue weighted by Crippen LogP contribution is -2.38. The molecule has 104 valence electrons. The third-order valence-corrected chi connectivity index (χ3v) is 2.92. The molecule has 0 fully saturated rings. The maximum atomic E-state index is 9.84. The van der Waals surface area contributed by atoms with Crippen LogP contribution in [0.2, 0.25) is 0 Å². The van der Waals surface area contributed by atoms with Gasteiger partial charge in [-0.15, -0.1) is 0 Å². The molecule has 2 N–H and O–H groups in total. The summed E-state index contributed by atoms with van der Waals surface area (Å²) >= 11 is 0. The molecule has 0 bridgehead atoms. The molecule has 1 atom stereocenters. The maximum Gasteiger partial charge on any atom is 0.151 e. The van der Waals surface area contributed by atoms with Crippen LogP contribution in [0.3, 0.4) is 0 Å². The smallest absolute Gasteiger partial charge is 0.151 e. The Labute approximate surface area is 109 Å². The molecule has 0 aliphatic carbocycles. The first-order valence-corrected chi connectivity index (χ1v) is 6.61. The number of aromatic nitrogens is 3. The van der Waals surface area contributed by atoms with Gasteiger partial charge in [-0.1, -0.05) is 13.8 Å². The van der Waals surface area contributed by atoms with Gasteiger partial charge in [-0.2, -0.15) is 5.10 Å². The highest BCUT2D eigenvalue weighted by atomic mass is 16.3. The van der Waals surface area contributed by atoms with Crippen LogP contribution in [0, 0.1) is 0 Å². The van der Waals surface area contributed by atoms with Crippen molar-refractivity contribution < 1.29 is 5.11 Å². The number of aliphatic hydroxyl groups excluding tert-OH is 1. The van der Waals surface area contributed by atoms with E-state index in [1.165, 1.54) is 0 Å². The molecular weight excluding hydrogens is 230 g/mol. The van der Waals surface area contributed by atoms with Crippen LogP contribution in [0.5, 0.6) is 0 Å². The number of aryl methyl sites for hydroxylation is 1. The normalized spacial score (nSPS) is 13.2. The Bertz CT molecular complexity index is 324. The van der Waals surface area contributed by atoms with E-state index in [1.807, 2.05) is 7.05 Å². The quantitative estimate of drug-likeness (QED) is 0.591. The minimum atomic E-state index is -0.318. The van der Waals surface area contributed by atoms with Crippen molar-refractivity contribution in [1.82, 2.24) is 25.0 Å². The summed E-state index contributed by atoms with van der Waals surface area (Å²) in [4.78, 5) is 6.36. The van der Waals surface area contributed by atoms with Crippen molar-refractivity contribution in [1.29, 1.82) is 0 Å². The van der Waals surface area contributed by atoms with E-state index in [9.17, 15) is 5.11 Å². The van der Waals surface area contributed by atoms with Gasteiger partial charge in [0.15, 0.2) is 5.82 Å². The summed E-state index contributed by atoms with van der Waals surface area (Å²) in [5.41, 5.74) is 0. The predicted octanol–water partition coefficient (Wildman–Crippen LogP) is -0.350. The summed E-state index contributed by atoms with van der Waals surface area (Å²) in [6, 6.07) is 0. The van der Waals surface area contributed by atoms with Crippen LogP contribution in [0.25, 0.3) is 0 Å². The zero-order chi connectivity index (χ0) is 13.4. The minimum Gasteiger partial charge on any atom is -0.390 e. The Kier molecular flexibility index (Phi) is 6.85. The van der Waals surface area contributed by atoms with Gasteiger partial charge in [0.05, 0.1) is 6.10 Å². The van der Waals surface area contributed by atoms with Crippen LogP contribution < -0.4 is 5.32 Å².